The summed E-state index contributed by atoms with van der Waals surface area (Å²) >= 11 is 0. The number of aromatic nitrogens is 3. The van der Waals surface area contributed by atoms with Gasteiger partial charge in [-0.15, -0.1) is 0 Å². The summed E-state index contributed by atoms with van der Waals surface area (Å²) in [7, 11) is 0. The summed E-state index contributed by atoms with van der Waals surface area (Å²) in [6, 6.07) is 0. The number of nitrogens with zero attached hydrogens (tertiary/aromatic N) is 5. The van der Waals surface area contributed by atoms with E-state index in [1.165, 1.54) is 19.2 Å². The summed E-state index contributed by atoms with van der Waals surface area (Å²) in [6.45, 7) is 7.62. The van der Waals surface area contributed by atoms with Crippen LogP contribution in [0.15, 0.2) is 10.9 Å². The van der Waals surface area contributed by atoms with Crippen molar-refractivity contribution in [1.82, 2.24) is 25.3 Å². The van der Waals surface area contributed by atoms with E-state index in [1.54, 1.807) is 0 Å². The highest BCUT2D eigenvalue weighted by atomic mass is 16.5. The van der Waals surface area contributed by atoms with Crippen LogP contribution in [0.25, 0.3) is 11.1 Å². The van der Waals surface area contributed by atoms with Crippen LogP contribution < -0.4 is 10.2 Å². The van der Waals surface area contributed by atoms with Gasteiger partial charge < -0.3 is 19.6 Å². The summed E-state index contributed by atoms with van der Waals surface area (Å²) in [5, 5.41) is 8.13. The highest BCUT2D eigenvalue weighted by molar-refractivity contribution is 5.88. The monoisotopic (exact) mass is 372 g/mol. The SMILES string of the molecule is CCc1noc2ncnc(N3CCCC(C(=O)NCCN4CCCC4)C3)c12. The number of fused-ring (bicyclic) bond motifs is 1. The summed E-state index contributed by atoms with van der Waals surface area (Å²) < 4.78 is 5.34. The van der Waals surface area contributed by atoms with Crippen molar-refractivity contribution in [2.24, 2.45) is 5.92 Å². The van der Waals surface area contributed by atoms with Gasteiger partial charge in [-0.3, -0.25) is 4.79 Å². The zero-order chi connectivity index (χ0) is 18.6. The van der Waals surface area contributed by atoms with Crippen LogP contribution in [0.3, 0.4) is 0 Å². The third-order valence-electron chi connectivity index (χ3n) is 5.68. The number of amides is 1. The lowest BCUT2D eigenvalue weighted by molar-refractivity contribution is -0.125. The van der Waals surface area contributed by atoms with E-state index in [0.717, 1.165) is 68.9 Å². The molecule has 2 fully saturated rings. The van der Waals surface area contributed by atoms with Gasteiger partial charge in [-0.25, -0.2) is 4.98 Å². The van der Waals surface area contributed by atoms with Crippen LogP contribution in [0.2, 0.25) is 0 Å². The fourth-order valence-corrected chi connectivity index (χ4v) is 4.18. The average Bonchev–Trinajstić information content (AvgIpc) is 3.37. The molecular formula is C19H28N6O2. The number of hydrogen-bond donors (Lipinski definition) is 1. The molecule has 146 valence electrons. The number of carbonyl (C=O) groups excluding carboxylic acids is 1. The minimum Gasteiger partial charge on any atom is -0.355 e. The molecule has 1 atom stereocenters. The molecular weight excluding hydrogens is 344 g/mol. The molecule has 0 aliphatic carbocycles. The molecule has 2 aliphatic heterocycles. The van der Waals surface area contributed by atoms with Gasteiger partial charge in [-0.1, -0.05) is 12.1 Å². The van der Waals surface area contributed by atoms with Crippen LogP contribution in [-0.2, 0) is 11.2 Å². The third-order valence-corrected chi connectivity index (χ3v) is 5.68. The fraction of sp³-hybridized carbons (Fsp3) is 0.684. The number of aryl methyl sites for hydroxylation is 1. The molecule has 27 heavy (non-hydrogen) atoms. The number of hydrogen-bond acceptors (Lipinski definition) is 7. The molecule has 4 rings (SSSR count). The summed E-state index contributed by atoms with van der Waals surface area (Å²) in [5.74, 6) is 0.991. The number of rotatable bonds is 6. The lowest BCUT2D eigenvalue weighted by Gasteiger charge is -2.33. The summed E-state index contributed by atoms with van der Waals surface area (Å²) in [6.07, 6.45) is 6.74. The highest BCUT2D eigenvalue weighted by Gasteiger charge is 2.28. The maximum absolute atomic E-state index is 12.7. The average molecular weight is 372 g/mol. The number of nitrogens with one attached hydrogen (secondary N) is 1. The number of anilines is 1. The minimum absolute atomic E-state index is 0.00715. The predicted molar refractivity (Wildman–Crippen MR) is 103 cm³/mol. The zero-order valence-corrected chi connectivity index (χ0v) is 16.0. The van der Waals surface area contributed by atoms with E-state index in [1.807, 2.05) is 6.92 Å². The molecule has 0 spiro atoms. The van der Waals surface area contributed by atoms with Gasteiger partial charge in [0.15, 0.2) is 0 Å². The molecule has 4 heterocycles. The first-order valence-corrected chi connectivity index (χ1v) is 10.1. The van der Waals surface area contributed by atoms with Crippen LogP contribution >= 0.6 is 0 Å². The van der Waals surface area contributed by atoms with Crippen LogP contribution in [-0.4, -0.2) is 65.2 Å². The van der Waals surface area contributed by atoms with E-state index in [9.17, 15) is 4.79 Å². The molecule has 0 bridgehead atoms. The molecule has 0 saturated carbocycles. The van der Waals surface area contributed by atoms with Crippen molar-refractivity contribution in [3.05, 3.63) is 12.0 Å². The van der Waals surface area contributed by atoms with Crippen molar-refractivity contribution >= 4 is 22.8 Å². The van der Waals surface area contributed by atoms with E-state index in [0.29, 0.717) is 12.3 Å². The normalized spacial score (nSPS) is 21.1. The lowest BCUT2D eigenvalue weighted by Crippen LogP contribution is -2.45. The fourth-order valence-electron chi connectivity index (χ4n) is 4.18. The molecule has 1 amide bonds. The second kappa shape index (κ2) is 8.21. The molecule has 8 nitrogen and oxygen atoms in total. The summed E-state index contributed by atoms with van der Waals surface area (Å²) in [5.41, 5.74) is 1.40. The maximum Gasteiger partial charge on any atom is 0.263 e. The van der Waals surface area contributed by atoms with Gasteiger partial charge in [-0.2, -0.15) is 4.98 Å². The van der Waals surface area contributed by atoms with E-state index in [2.05, 4.69) is 30.2 Å². The molecule has 1 N–H and O–H groups in total. The van der Waals surface area contributed by atoms with Crippen LogP contribution in [0.4, 0.5) is 5.82 Å². The zero-order valence-electron chi connectivity index (χ0n) is 16.0. The van der Waals surface area contributed by atoms with Gasteiger partial charge in [0.05, 0.1) is 11.6 Å². The lowest BCUT2D eigenvalue weighted by atomic mass is 9.97. The minimum atomic E-state index is -0.00715. The van der Waals surface area contributed by atoms with Crippen molar-refractivity contribution in [1.29, 1.82) is 0 Å². The molecule has 1 unspecified atom stereocenters. The molecule has 8 heteroatoms. The van der Waals surface area contributed by atoms with Crippen molar-refractivity contribution in [3.8, 4) is 0 Å². The van der Waals surface area contributed by atoms with Crippen LogP contribution in [0.5, 0.6) is 0 Å². The highest BCUT2D eigenvalue weighted by Crippen LogP contribution is 2.30. The summed E-state index contributed by atoms with van der Waals surface area (Å²) in [4.78, 5) is 26.0. The van der Waals surface area contributed by atoms with Crippen molar-refractivity contribution < 1.29 is 9.32 Å². The third kappa shape index (κ3) is 3.90. The Morgan fingerprint density at radius 2 is 2.11 bits per heavy atom. The Kier molecular flexibility index (Phi) is 5.52. The quantitative estimate of drug-likeness (QED) is 0.824. The van der Waals surface area contributed by atoms with Crippen molar-refractivity contribution in [2.45, 2.75) is 39.0 Å². The van der Waals surface area contributed by atoms with Gasteiger partial charge in [0.2, 0.25) is 5.91 Å². The van der Waals surface area contributed by atoms with Gasteiger partial charge in [0.1, 0.15) is 17.5 Å². The second-order valence-electron chi connectivity index (χ2n) is 7.49. The van der Waals surface area contributed by atoms with Gasteiger partial charge >= 0.3 is 0 Å². The Hall–Kier alpha value is -2.22. The topological polar surface area (TPSA) is 87.4 Å². The first-order chi connectivity index (χ1) is 13.3. The van der Waals surface area contributed by atoms with Crippen molar-refractivity contribution in [2.75, 3.05) is 44.2 Å². The Bertz CT molecular complexity index is 786. The molecule has 2 aliphatic rings. The Morgan fingerprint density at radius 3 is 2.93 bits per heavy atom. The molecule has 2 aromatic rings. The predicted octanol–water partition coefficient (Wildman–Crippen LogP) is 1.61. The Balaban J connectivity index is 1.40. The van der Waals surface area contributed by atoms with Crippen molar-refractivity contribution in [3.63, 3.8) is 0 Å². The van der Waals surface area contributed by atoms with Gasteiger partial charge in [0, 0.05) is 26.2 Å². The standard InChI is InChI=1S/C19H28N6O2/c1-2-15-16-17(21-13-22-19(16)27-23-15)25-10-5-6-14(12-25)18(26)20-7-11-24-8-3-4-9-24/h13-14H,2-12H2,1H3,(H,20,26). The van der Waals surface area contributed by atoms with Crippen LogP contribution in [0, 0.1) is 5.92 Å². The van der Waals surface area contributed by atoms with Gasteiger partial charge in [0.25, 0.3) is 5.71 Å². The maximum atomic E-state index is 12.7. The first kappa shape index (κ1) is 18.2. The molecule has 2 aromatic heterocycles. The van der Waals surface area contributed by atoms with Gasteiger partial charge in [-0.05, 0) is 45.2 Å². The smallest absolute Gasteiger partial charge is 0.263 e. The van der Waals surface area contributed by atoms with Crippen LogP contribution in [0.1, 0.15) is 38.3 Å². The molecule has 0 radical (unpaired) electrons. The van der Waals surface area contributed by atoms with E-state index in [-0.39, 0.29) is 11.8 Å². The number of likely N-dealkylation sites (tertiary alicyclic amines) is 1. The van der Waals surface area contributed by atoms with E-state index < -0.39 is 0 Å². The first-order valence-electron chi connectivity index (χ1n) is 10.1. The second-order valence-corrected chi connectivity index (χ2v) is 7.49. The molecule has 2 saturated heterocycles. The number of piperidine rings is 1. The Labute approximate surface area is 159 Å². The Morgan fingerprint density at radius 1 is 1.26 bits per heavy atom. The number of carbonyl (C=O) groups is 1. The van der Waals surface area contributed by atoms with E-state index >= 15 is 0 Å². The largest absolute Gasteiger partial charge is 0.355 e. The molecule has 0 aromatic carbocycles. The van der Waals surface area contributed by atoms with E-state index in [4.69, 9.17) is 4.52 Å².